The van der Waals surface area contributed by atoms with Crippen molar-refractivity contribution in [1.29, 1.82) is 0 Å². The summed E-state index contributed by atoms with van der Waals surface area (Å²) in [5.74, 6) is -5.67. The lowest BCUT2D eigenvalue weighted by Crippen LogP contribution is -2.35. The van der Waals surface area contributed by atoms with E-state index >= 15 is 0 Å². The lowest BCUT2D eigenvalue weighted by Gasteiger charge is -2.19. The number of hydrogen-bond donors (Lipinski definition) is 2. The van der Waals surface area contributed by atoms with Gasteiger partial charge in [-0.15, -0.1) is 0 Å². The third kappa shape index (κ3) is 3.69. The first kappa shape index (κ1) is 17.5. The van der Waals surface area contributed by atoms with E-state index in [0.717, 1.165) is 17.7 Å². The number of hydrogen-bond acceptors (Lipinski definition) is 2. The molecule has 1 aliphatic carbocycles. The Morgan fingerprint density at radius 1 is 1.20 bits per heavy atom. The molecule has 1 saturated carbocycles. The van der Waals surface area contributed by atoms with E-state index in [1.165, 1.54) is 18.2 Å². The predicted molar refractivity (Wildman–Crippen MR) is 79.6 cm³/mol. The summed E-state index contributed by atoms with van der Waals surface area (Å²) in [5.41, 5.74) is 0.742. The number of carboxylic acid groups (broad SMARTS) is 1. The maximum atomic E-state index is 13.7. The first-order chi connectivity index (χ1) is 11.7. The summed E-state index contributed by atoms with van der Waals surface area (Å²) in [6.07, 6.45) is -2.99. The van der Waals surface area contributed by atoms with Gasteiger partial charge in [-0.3, -0.25) is 4.79 Å². The molecule has 1 heterocycles. The van der Waals surface area contributed by atoms with Crippen LogP contribution in [0.2, 0.25) is 0 Å². The minimum Gasteiger partial charge on any atom is -0.481 e. The molecular formula is C16H16F4N2O3. The van der Waals surface area contributed by atoms with Crippen LogP contribution in [-0.4, -0.2) is 41.3 Å². The van der Waals surface area contributed by atoms with Crippen molar-refractivity contribution >= 4 is 17.7 Å². The van der Waals surface area contributed by atoms with E-state index in [1.54, 1.807) is 0 Å². The van der Waals surface area contributed by atoms with E-state index in [9.17, 15) is 27.2 Å². The van der Waals surface area contributed by atoms with Crippen LogP contribution in [-0.2, 0) is 4.79 Å². The number of urea groups is 1. The molecule has 0 radical (unpaired) electrons. The van der Waals surface area contributed by atoms with E-state index in [1.807, 2.05) is 0 Å². The molecule has 1 aromatic rings. The van der Waals surface area contributed by atoms with Gasteiger partial charge in [0.2, 0.25) is 0 Å². The molecule has 136 valence electrons. The molecule has 3 rings (SSSR count). The fourth-order valence-electron chi connectivity index (χ4n) is 3.08. The SMILES string of the molecule is O=C(O)[C@@H]1CN(C(=O)Nc2ccc(F)c(C3CC3)c2)C[C@H]1C(F)(F)F. The maximum absolute atomic E-state index is 13.7. The molecule has 2 aliphatic rings. The number of carbonyl (C=O) groups excluding carboxylic acids is 1. The number of aliphatic carboxylic acids is 1. The van der Waals surface area contributed by atoms with Gasteiger partial charge in [-0.05, 0) is 42.5 Å². The van der Waals surface area contributed by atoms with Crippen LogP contribution in [0, 0.1) is 17.7 Å². The lowest BCUT2D eigenvalue weighted by atomic mass is 9.96. The van der Waals surface area contributed by atoms with Gasteiger partial charge in [0.05, 0.1) is 11.8 Å². The number of alkyl halides is 3. The van der Waals surface area contributed by atoms with E-state index < -0.39 is 43.1 Å². The van der Waals surface area contributed by atoms with Crippen molar-refractivity contribution in [1.82, 2.24) is 4.90 Å². The van der Waals surface area contributed by atoms with Crippen molar-refractivity contribution < 1.29 is 32.3 Å². The van der Waals surface area contributed by atoms with Gasteiger partial charge < -0.3 is 15.3 Å². The van der Waals surface area contributed by atoms with Gasteiger partial charge in [-0.1, -0.05) is 0 Å². The predicted octanol–water partition coefficient (Wildman–Crippen LogP) is 3.43. The molecule has 25 heavy (non-hydrogen) atoms. The number of anilines is 1. The molecule has 0 bridgehead atoms. The first-order valence-corrected chi connectivity index (χ1v) is 7.81. The highest BCUT2D eigenvalue weighted by Crippen LogP contribution is 2.42. The molecule has 0 spiro atoms. The second kappa shape index (κ2) is 6.20. The van der Waals surface area contributed by atoms with E-state index in [-0.39, 0.29) is 17.4 Å². The third-order valence-electron chi connectivity index (χ3n) is 4.61. The third-order valence-corrected chi connectivity index (χ3v) is 4.61. The van der Waals surface area contributed by atoms with Crippen LogP contribution in [0.25, 0.3) is 0 Å². The Balaban J connectivity index is 1.71. The van der Waals surface area contributed by atoms with Crippen molar-refractivity contribution in [2.45, 2.75) is 24.9 Å². The topological polar surface area (TPSA) is 69.6 Å². The van der Waals surface area contributed by atoms with E-state index in [4.69, 9.17) is 5.11 Å². The zero-order valence-corrected chi connectivity index (χ0v) is 13.0. The van der Waals surface area contributed by atoms with Crippen LogP contribution in [0.5, 0.6) is 0 Å². The summed E-state index contributed by atoms with van der Waals surface area (Å²) in [4.78, 5) is 24.1. The van der Waals surface area contributed by atoms with Crippen LogP contribution >= 0.6 is 0 Å². The number of nitrogens with one attached hydrogen (secondary N) is 1. The number of carbonyl (C=O) groups is 2. The number of benzene rings is 1. The average molecular weight is 360 g/mol. The van der Waals surface area contributed by atoms with E-state index in [0.29, 0.717) is 5.56 Å². The van der Waals surface area contributed by atoms with Crippen molar-refractivity contribution in [3.8, 4) is 0 Å². The van der Waals surface area contributed by atoms with Gasteiger partial charge in [0.25, 0.3) is 0 Å². The molecule has 9 heteroatoms. The fourth-order valence-corrected chi connectivity index (χ4v) is 3.08. The highest BCUT2D eigenvalue weighted by molar-refractivity contribution is 5.90. The monoisotopic (exact) mass is 360 g/mol. The lowest BCUT2D eigenvalue weighted by molar-refractivity contribution is -0.187. The molecule has 2 N–H and O–H groups in total. The molecular weight excluding hydrogens is 344 g/mol. The number of rotatable bonds is 3. The summed E-state index contributed by atoms with van der Waals surface area (Å²) < 4.78 is 52.6. The zero-order chi connectivity index (χ0) is 18.4. The zero-order valence-electron chi connectivity index (χ0n) is 13.0. The standard InChI is InChI=1S/C16H16F4N2O3/c17-13-4-3-9(5-10(13)8-1-2-8)21-15(25)22-6-11(14(23)24)12(7-22)16(18,19)20/h3-5,8,11-12H,1-2,6-7H2,(H,21,25)(H,23,24)/t11-,12-/m1/s1. The smallest absolute Gasteiger partial charge is 0.394 e. The van der Waals surface area contributed by atoms with Crippen LogP contribution in [0.4, 0.5) is 28.0 Å². The van der Waals surface area contributed by atoms with Crippen LogP contribution < -0.4 is 5.32 Å². The summed E-state index contributed by atoms with van der Waals surface area (Å²) in [6, 6.07) is 3.17. The Labute approximate surface area is 140 Å². The molecule has 5 nitrogen and oxygen atoms in total. The molecule has 0 unspecified atom stereocenters. The normalized spacial score (nSPS) is 23.6. The Bertz CT molecular complexity index is 703. The van der Waals surface area contributed by atoms with Crippen LogP contribution in [0.3, 0.4) is 0 Å². The van der Waals surface area contributed by atoms with Gasteiger partial charge in [0, 0.05) is 18.8 Å². The van der Waals surface area contributed by atoms with Gasteiger partial charge in [0.15, 0.2) is 0 Å². The quantitative estimate of drug-likeness (QED) is 0.812. The molecule has 0 aromatic heterocycles. The van der Waals surface area contributed by atoms with Crippen molar-refractivity contribution in [3.63, 3.8) is 0 Å². The molecule has 1 aliphatic heterocycles. The van der Waals surface area contributed by atoms with Crippen LogP contribution in [0.1, 0.15) is 24.3 Å². The first-order valence-electron chi connectivity index (χ1n) is 7.81. The Morgan fingerprint density at radius 3 is 2.40 bits per heavy atom. The number of nitrogens with zero attached hydrogens (tertiary/aromatic N) is 1. The van der Waals surface area contributed by atoms with Crippen molar-refractivity contribution in [2.24, 2.45) is 11.8 Å². The summed E-state index contributed by atoms with van der Waals surface area (Å²) in [7, 11) is 0. The minimum absolute atomic E-state index is 0.106. The van der Waals surface area contributed by atoms with Gasteiger partial charge in [-0.2, -0.15) is 13.2 Å². The Morgan fingerprint density at radius 2 is 1.88 bits per heavy atom. The van der Waals surface area contributed by atoms with Crippen molar-refractivity contribution in [3.05, 3.63) is 29.6 Å². The Kier molecular flexibility index (Phi) is 4.34. The summed E-state index contributed by atoms with van der Waals surface area (Å²) in [6.45, 7) is -1.25. The average Bonchev–Trinajstić information content (AvgIpc) is 3.24. The van der Waals surface area contributed by atoms with E-state index in [2.05, 4.69) is 5.32 Å². The molecule has 1 aromatic carbocycles. The molecule has 2 amide bonds. The maximum Gasteiger partial charge on any atom is 0.394 e. The van der Waals surface area contributed by atoms with Gasteiger partial charge >= 0.3 is 18.2 Å². The largest absolute Gasteiger partial charge is 0.481 e. The highest BCUT2D eigenvalue weighted by atomic mass is 19.4. The fraction of sp³-hybridized carbons (Fsp3) is 0.500. The van der Waals surface area contributed by atoms with Gasteiger partial charge in [0.1, 0.15) is 5.82 Å². The minimum atomic E-state index is -4.70. The number of likely N-dealkylation sites (tertiary alicyclic amines) is 1. The summed E-state index contributed by atoms with van der Waals surface area (Å²) >= 11 is 0. The highest BCUT2D eigenvalue weighted by Gasteiger charge is 2.53. The second-order valence-electron chi connectivity index (χ2n) is 6.44. The second-order valence-corrected chi connectivity index (χ2v) is 6.44. The van der Waals surface area contributed by atoms with Crippen LogP contribution in [0.15, 0.2) is 18.2 Å². The Hall–Kier alpha value is -2.32. The van der Waals surface area contributed by atoms with Gasteiger partial charge in [-0.25, -0.2) is 9.18 Å². The van der Waals surface area contributed by atoms with Crippen molar-refractivity contribution in [2.75, 3.05) is 18.4 Å². The molecule has 2 fully saturated rings. The number of carboxylic acids is 1. The number of halogens is 4. The summed E-state index contributed by atoms with van der Waals surface area (Å²) in [5, 5.41) is 11.4. The number of amides is 2. The molecule has 2 atom stereocenters. The molecule has 1 saturated heterocycles.